The smallest absolute Gasteiger partial charge is 0.411 e. The summed E-state index contributed by atoms with van der Waals surface area (Å²) in [5.74, 6) is -1.67. The molecule has 5 aliphatic rings. The van der Waals surface area contributed by atoms with Gasteiger partial charge in [0.25, 0.3) is 17.6 Å². The van der Waals surface area contributed by atoms with Crippen molar-refractivity contribution in [2.45, 2.75) is 367 Å². The van der Waals surface area contributed by atoms with E-state index in [1.54, 1.807) is 185 Å². The van der Waals surface area contributed by atoms with E-state index in [-0.39, 0.29) is 136 Å². The molecule has 1 saturated carbocycles. The minimum atomic E-state index is -0.937. The number of unbranched alkanes of at least 4 members (excludes halogenated alkanes) is 1. The fourth-order valence-corrected chi connectivity index (χ4v) is 17.5. The monoisotopic (exact) mass is 2100 g/mol. The molecule has 32 nitrogen and oxygen atoms in total. The number of halogens is 4. The number of methoxy groups -OCH3 is 3. The second-order valence-corrected chi connectivity index (χ2v) is 44.2. The number of hydrogen-bond acceptors (Lipinski definition) is 29. The molecule has 0 unspecified atom stereocenters. The Kier molecular flexibility index (Phi) is 50.8. The Hall–Kier alpha value is -9.02. The standard InChI is InChI=1S/C37H52ClN3O7.C26H36ClN3O6.C21H28ClN3O4.C17H31NO5.3CH4.B5.ClH/c1-10-12-13-15-22-18-28(22)46-30(42)20-25(36(3,4)5)34(43)41-21-29(24(14-11-2)31(41)35(44)48-37(6,7)8)47-33-32(38)39-26-17-16-23(45-9)19-27(26)40-33;1-9-10-16-19(34-22-21(27)28-17-12-11-15(33-8)13-18(17)29-22)14-30(24(32)36-26(5,6)7)20(16)23(31)35-25(2,3)4;1-6-7-13-16(11-23-17(13)20(26)29-21(2,3)4)28-19-18(22)24-14-9-8-12(27-5)10-15(14)25-19;1-8-9-11-12(19)10-18(15(21)23-17(5,6)7)13(11)14(20)22-16(2,3)4;;;;1-4-5(2)3;/h10,16-17,19,22,24-25,28-29,31H,1,11-15,18,20-21H2,2-9H3;11-13,16,19-20H,9-10,14H2,1-8H3;8-10,13,16-17,23H,6-7,11H2,1-5H3;11-13,19H,8-10H2,1-7H3;3*1H4;;1H/t22-,24-,25-,28-,29+,31+;16-,19+,20+;13-,16+,17+;11-,12+,13+;;;;;/m1111...../s1. The van der Waals surface area contributed by atoms with E-state index in [0.29, 0.717) is 82.1 Å². The van der Waals surface area contributed by atoms with Gasteiger partial charge in [-0.1, -0.05) is 137 Å². The number of carbonyl (C=O) groups is 8. The maximum absolute atomic E-state index is 14.6. The molecule has 4 saturated heterocycles. The van der Waals surface area contributed by atoms with Crippen LogP contribution in [0.2, 0.25) is 15.5 Å². The first-order chi connectivity index (χ1) is 65.6. The lowest BCUT2D eigenvalue weighted by Crippen LogP contribution is -2.50. The van der Waals surface area contributed by atoms with Gasteiger partial charge in [-0.25, -0.2) is 53.9 Å². The first-order valence-corrected chi connectivity index (χ1v) is 49.8. The number of benzene rings is 3. The molecule has 7 heterocycles. The van der Waals surface area contributed by atoms with E-state index in [1.165, 1.54) is 16.9 Å². The van der Waals surface area contributed by atoms with Crippen molar-refractivity contribution in [2.24, 2.45) is 40.9 Å². The molecule has 3 amide bonds. The highest BCUT2D eigenvalue weighted by molar-refractivity contribution is 7.60. The molecular formula is C104H160B5Cl4N10O22. The predicted octanol–water partition coefficient (Wildman–Crippen LogP) is 19.7. The van der Waals surface area contributed by atoms with Crippen LogP contribution >= 0.6 is 47.2 Å². The van der Waals surface area contributed by atoms with Gasteiger partial charge in [-0.3, -0.25) is 24.2 Å². The van der Waals surface area contributed by atoms with Crippen LogP contribution in [-0.4, -0.2) is 270 Å². The first kappa shape index (κ1) is 130. The van der Waals surface area contributed by atoms with Crippen LogP contribution in [0.15, 0.2) is 67.3 Å². The Morgan fingerprint density at radius 3 is 1.15 bits per heavy atom. The Morgan fingerprint density at radius 2 is 0.807 bits per heavy atom. The van der Waals surface area contributed by atoms with Gasteiger partial charge in [0.2, 0.25) is 5.91 Å². The van der Waals surface area contributed by atoms with Gasteiger partial charge in [0, 0.05) is 85.1 Å². The zero-order valence-electron chi connectivity index (χ0n) is 88.1. The highest BCUT2D eigenvalue weighted by atomic mass is 35.5. The summed E-state index contributed by atoms with van der Waals surface area (Å²) >= 11 is 19.3. The SMILES string of the molecule is C.C.C.C=CCCC[C@@H]1C[C@H]1OC(=O)C[C@H](C(=O)N1C[C@H](Oc2nc3cc(OC)ccc3nc2Cl)[C@@H](CCC)[C@H]1C(=O)OC(C)(C)C)C(C)(C)C.CCC[C@@H]1[C@@H](Oc2nc3cc(OC)ccc3nc2Cl)CN(C(=O)OC(C)(C)C)[C@@H]1C(=O)OC(C)(C)C.CCC[C@@H]1[C@@H](Oc2nc3cc(OC)ccc3nc2Cl)CN[C@@H]1C(=O)OC(C)(C)C.CCC[C@H]1[C@@H](C(=O)OC(C)(C)C)N(C(=O)OC(C)(C)C)C[C@@H]1O.Cl.[B][B]B([B])[B]. The number of likely N-dealkylation sites (tertiary alicyclic amines) is 3. The van der Waals surface area contributed by atoms with Gasteiger partial charge in [0.05, 0.1) is 92.5 Å². The quantitative estimate of drug-likeness (QED) is 0.0139. The number of rotatable bonds is 30. The Morgan fingerprint density at radius 1 is 0.476 bits per heavy atom. The summed E-state index contributed by atoms with van der Waals surface area (Å²) in [4.78, 5) is 137. The first-order valence-electron chi connectivity index (χ1n) is 48.7. The average molecular weight is 2100 g/mol. The fourth-order valence-electron chi connectivity index (χ4n) is 16.9. The van der Waals surface area contributed by atoms with Crippen molar-refractivity contribution >= 4 is 165 Å². The number of amides is 3. The number of fused-ring (bicyclic) bond motifs is 3. The number of aromatic nitrogens is 6. The molecule has 4 aliphatic heterocycles. The second-order valence-electron chi connectivity index (χ2n) is 43.1. The maximum atomic E-state index is 14.6. The van der Waals surface area contributed by atoms with E-state index < -0.39 is 136 Å². The number of nitrogens with zero attached hydrogens (tertiary/aromatic N) is 9. The molecule has 801 valence electrons. The molecule has 3 aromatic carbocycles. The van der Waals surface area contributed by atoms with E-state index in [1.807, 2.05) is 68.4 Å². The van der Waals surface area contributed by atoms with Crippen molar-refractivity contribution in [3.05, 3.63) is 82.7 Å². The maximum Gasteiger partial charge on any atom is 0.411 e. The number of ether oxygens (including phenoxy) is 13. The second kappa shape index (κ2) is 56.6. The molecule has 2 N–H and O–H groups in total. The van der Waals surface area contributed by atoms with Crippen LogP contribution in [0.4, 0.5) is 9.59 Å². The summed E-state index contributed by atoms with van der Waals surface area (Å²) in [6.45, 7) is 50.7. The van der Waals surface area contributed by atoms with Crippen LogP contribution in [0.3, 0.4) is 0 Å². The summed E-state index contributed by atoms with van der Waals surface area (Å²) in [6.07, 6.45) is 7.43. The summed E-state index contributed by atoms with van der Waals surface area (Å²) < 4.78 is 74.2. The van der Waals surface area contributed by atoms with E-state index in [4.69, 9.17) is 120 Å². The number of β-amino-alcohol motifs (C(OH)–C–C–N with tert-alkyl or cyclic N) is 1. The highest BCUT2D eigenvalue weighted by Crippen LogP contribution is 2.45. The van der Waals surface area contributed by atoms with Crippen LogP contribution in [0, 0.1) is 40.9 Å². The third-order valence-electron chi connectivity index (χ3n) is 23.1. The Bertz CT molecular complexity index is 5230. The molecule has 5 fully saturated rings. The van der Waals surface area contributed by atoms with Gasteiger partial charge in [-0.15, -0.1) is 19.0 Å². The lowest BCUT2D eigenvalue weighted by atomic mass is 8.97. The van der Waals surface area contributed by atoms with Crippen molar-refractivity contribution in [3.8, 4) is 34.9 Å². The molecule has 1 aliphatic carbocycles. The number of allylic oxidation sites excluding steroid dienone is 1. The number of esters is 5. The van der Waals surface area contributed by atoms with Crippen LogP contribution in [0.1, 0.15) is 279 Å². The highest BCUT2D eigenvalue weighted by Gasteiger charge is 2.56. The van der Waals surface area contributed by atoms with Crippen LogP contribution in [0.5, 0.6) is 34.9 Å². The molecule has 7 radical (unpaired) electrons. The largest absolute Gasteiger partial charge is 0.497 e. The van der Waals surface area contributed by atoms with Gasteiger partial charge in [0.15, 0.2) is 15.5 Å². The summed E-state index contributed by atoms with van der Waals surface area (Å²) in [5.41, 5.74) is -1.18. The molecule has 41 heteroatoms. The molecular weight excluding hydrogens is 1940 g/mol. The van der Waals surface area contributed by atoms with Gasteiger partial charge in [-0.2, -0.15) is 0 Å². The summed E-state index contributed by atoms with van der Waals surface area (Å²) in [5, 5.41) is 13.9. The van der Waals surface area contributed by atoms with Gasteiger partial charge < -0.3 is 76.9 Å². The number of aliphatic hydroxyl groups excluding tert-OH is 1. The third-order valence-corrected chi connectivity index (χ3v) is 23.9. The van der Waals surface area contributed by atoms with Crippen LogP contribution in [0.25, 0.3) is 33.1 Å². The van der Waals surface area contributed by atoms with E-state index >= 15 is 0 Å². The minimum Gasteiger partial charge on any atom is -0.497 e. The Labute approximate surface area is 887 Å². The van der Waals surface area contributed by atoms with Crippen molar-refractivity contribution in [1.82, 2.24) is 49.9 Å². The van der Waals surface area contributed by atoms with Crippen molar-refractivity contribution in [1.29, 1.82) is 0 Å². The van der Waals surface area contributed by atoms with Gasteiger partial charge >= 0.3 is 42.0 Å². The van der Waals surface area contributed by atoms with Crippen LogP contribution < -0.4 is 33.7 Å². The molecule has 145 heavy (non-hydrogen) atoms. The van der Waals surface area contributed by atoms with Crippen molar-refractivity contribution < 1.29 is 105 Å². The molecule has 11 rings (SSSR count). The van der Waals surface area contributed by atoms with Crippen LogP contribution in [-0.2, 0) is 61.9 Å². The molecule has 15 atom stereocenters. The fraction of sp³-hybridized carbons (Fsp3) is 0.673. The lowest BCUT2D eigenvalue weighted by Gasteiger charge is -2.35. The topological polar surface area (TPSA) is 376 Å². The van der Waals surface area contributed by atoms with Gasteiger partial charge in [-0.05, 0) is 224 Å². The number of nitrogens with one attached hydrogen (secondary N) is 1. The zero-order valence-corrected chi connectivity index (χ0v) is 91.2. The molecule has 0 bridgehead atoms. The lowest BCUT2D eigenvalue weighted by molar-refractivity contribution is -0.167. The van der Waals surface area contributed by atoms with E-state index in [9.17, 15) is 43.5 Å². The Balaban J connectivity index is 0.000000499. The third kappa shape index (κ3) is 39.5. The number of hydrogen-bond donors (Lipinski definition) is 2. The van der Waals surface area contributed by atoms with Crippen molar-refractivity contribution in [3.63, 3.8) is 0 Å². The molecule has 6 aromatic rings. The average Bonchev–Trinajstić information content (AvgIpc) is 1.48. The molecule has 3 aromatic heterocycles. The van der Waals surface area contributed by atoms with Crippen molar-refractivity contribution in [2.75, 3.05) is 47.5 Å². The van der Waals surface area contributed by atoms with E-state index in [0.717, 1.165) is 57.8 Å². The summed E-state index contributed by atoms with van der Waals surface area (Å²) in [7, 11) is 20.5. The minimum absolute atomic E-state index is 0. The molecule has 0 spiro atoms. The summed E-state index contributed by atoms with van der Waals surface area (Å²) in [6, 6.07) is 12.9. The normalized spacial score (nSPS) is 21.3. The number of carbonyl (C=O) groups excluding carboxylic acids is 8. The van der Waals surface area contributed by atoms with Gasteiger partial charge in [0.1, 0.15) is 99.4 Å². The zero-order chi connectivity index (χ0) is 106. The predicted molar refractivity (Wildman–Crippen MR) is 576 cm³/mol. The number of aliphatic hydroxyl groups is 1. The van der Waals surface area contributed by atoms with E-state index in [2.05, 4.69) is 48.7 Å².